The van der Waals surface area contributed by atoms with E-state index in [1.807, 2.05) is 0 Å². The number of hydrogen-bond acceptors (Lipinski definition) is 1. The predicted octanol–water partition coefficient (Wildman–Crippen LogP) is 4.39. The Bertz CT molecular complexity index is 198. The summed E-state index contributed by atoms with van der Waals surface area (Å²) in [5.41, 5.74) is 0.490. The zero-order valence-electron chi connectivity index (χ0n) is 11.6. The molecule has 0 aromatic carbocycles. The molecule has 0 aromatic rings. The molecule has 1 nitrogen and oxygen atoms in total. The second-order valence-corrected chi connectivity index (χ2v) is 6.48. The molecule has 0 amide bonds. The zero-order valence-corrected chi connectivity index (χ0v) is 11.6. The van der Waals surface area contributed by atoms with Gasteiger partial charge in [-0.25, -0.2) is 0 Å². The lowest BCUT2D eigenvalue weighted by molar-refractivity contribution is 0.0560. The highest BCUT2D eigenvalue weighted by molar-refractivity contribution is 4.86. The third-order valence-corrected chi connectivity index (χ3v) is 4.60. The third-order valence-electron chi connectivity index (χ3n) is 4.60. The molecule has 3 atom stereocenters. The summed E-state index contributed by atoms with van der Waals surface area (Å²) >= 11 is 0. The van der Waals surface area contributed by atoms with Gasteiger partial charge in [0.15, 0.2) is 0 Å². The maximum absolute atomic E-state index is 9.84. The smallest absolute Gasteiger partial charge is 0.0540 e. The SMILES string of the molecule is CCCC(O)CC[C@H]1C(C)CCCC1(C)C. The van der Waals surface area contributed by atoms with Crippen LogP contribution >= 0.6 is 0 Å². The van der Waals surface area contributed by atoms with E-state index in [0.717, 1.165) is 31.1 Å². The molecule has 0 saturated heterocycles. The molecule has 1 aliphatic rings. The summed E-state index contributed by atoms with van der Waals surface area (Å²) < 4.78 is 0. The van der Waals surface area contributed by atoms with Crippen molar-refractivity contribution in [3.05, 3.63) is 0 Å². The van der Waals surface area contributed by atoms with Crippen molar-refractivity contribution >= 4 is 0 Å². The summed E-state index contributed by atoms with van der Waals surface area (Å²) in [6.07, 6.45) is 8.38. The Morgan fingerprint density at radius 1 is 1.31 bits per heavy atom. The molecule has 0 radical (unpaired) electrons. The minimum Gasteiger partial charge on any atom is -0.393 e. The van der Waals surface area contributed by atoms with Gasteiger partial charge in [-0.1, -0.05) is 47.0 Å². The molecule has 0 aliphatic heterocycles. The largest absolute Gasteiger partial charge is 0.393 e. The van der Waals surface area contributed by atoms with E-state index in [-0.39, 0.29) is 6.10 Å². The summed E-state index contributed by atoms with van der Waals surface area (Å²) in [6.45, 7) is 9.38. The number of hydrogen-bond donors (Lipinski definition) is 1. The molecule has 2 unspecified atom stereocenters. The van der Waals surface area contributed by atoms with Crippen LogP contribution in [0.4, 0.5) is 0 Å². The van der Waals surface area contributed by atoms with Crippen LogP contribution in [-0.2, 0) is 0 Å². The monoisotopic (exact) mass is 226 g/mol. The van der Waals surface area contributed by atoms with Gasteiger partial charge in [0.25, 0.3) is 0 Å². The fourth-order valence-corrected chi connectivity index (χ4v) is 3.56. The van der Waals surface area contributed by atoms with Gasteiger partial charge in [-0.2, -0.15) is 0 Å². The molecule has 0 heterocycles. The number of rotatable bonds is 5. The van der Waals surface area contributed by atoms with Crippen molar-refractivity contribution in [3.8, 4) is 0 Å². The Hall–Kier alpha value is -0.0400. The maximum atomic E-state index is 9.84. The topological polar surface area (TPSA) is 20.2 Å². The van der Waals surface area contributed by atoms with Crippen LogP contribution in [0.5, 0.6) is 0 Å². The molecule has 1 aliphatic carbocycles. The van der Waals surface area contributed by atoms with Crippen molar-refractivity contribution < 1.29 is 5.11 Å². The van der Waals surface area contributed by atoms with Gasteiger partial charge in [-0.15, -0.1) is 0 Å². The number of aliphatic hydroxyl groups is 1. The van der Waals surface area contributed by atoms with Crippen molar-refractivity contribution in [1.82, 2.24) is 0 Å². The number of aliphatic hydroxyl groups excluding tert-OH is 1. The summed E-state index contributed by atoms with van der Waals surface area (Å²) in [4.78, 5) is 0. The van der Waals surface area contributed by atoms with Gasteiger partial charge in [-0.3, -0.25) is 0 Å². The Morgan fingerprint density at radius 3 is 2.56 bits per heavy atom. The predicted molar refractivity (Wildman–Crippen MR) is 70.4 cm³/mol. The summed E-state index contributed by atoms with van der Waals surface area (Å²) in [7, 11) is 0. The van der Waals surface area contributed by atoms with Crippen LogP contribution in [0, 0.1) is 17.3 Å². The molecule has 1 N–H and O–H groups in total. The molecule has 96 valence electrons. The van der Waals surface area contributed by atoms with Crippen molar-refractivity contribution in [2.24, 2.45) is 17.3 Å². The first-order valence-electron chi connectivity index (χ1n) is 7.15. The molecule has 1 heteroatoms. The molecular weight excluding hydrogens is 196 g/mol. The molecule has 16 heavy (non-hydrogen) atoms. The van der Waals surface area contributed by atoms with Gasteiger partial charge in [0.1, 0.15) is 0 Å². The first-order valence-corrected chi connectivity index (χ1v) is 7.15. The van der Waals surface area contributed by atoms with Gasteiger partial charge < -0.3 is 5.11 Å². The summed E-state index contributed by atoms with van der Waals surface area (Å²) in [6, 6.07) is 0. The highest BCUT2D eigenvalue weighted by Crippen LogP contribution is 2.46. The normalized spacial score (nSPS) is 31.3. The summed E-state index contributed by atoms with van der Waals surface area (Å²) in [5, 5.41) is 9.84. The van der Waals surface area contributed by atoms with Crippen LogP contribution in [-0.4, -0.2) is 11.2 Å². The lowest BCUT2D eigenvalue weighted by Gasteiger charge is -2.43. The second kappa shape index (κ2) is 6.05. The van der Waals surface area contributed by atoms with E-state index in [1.165, 1.54) is 25.7 Å². The van der Waals surface area contributed by atoms with Crippen molar-refractivity contribution in [3.63, 3.8) is 0 Å². The average molecular weight is 226 g/mol. The molecule has 1 rings (SSSR count). The Balaban J connectivity index is 2.43. The second-order valence-electron chi connectivity index (χ2n) is 6.48. The molecule has 1 saturated carbocycles. The average Bonchev–Trinajstić information content (AvgIpc) is 2.16. The Kier molecular flexibility index (Phi) is 5.30. The van der Waals surface area contributed by atoms with Crippen LogP contribution < -0.4 is 0 Å². The quantitative estimate of drug-likeness (QED) is 0.737. The third kappa shape index (κ3) is 3.76. The zero-order chi connectivity index (χ0) is 12.2. The van der Waals surface area contributed by atoms with Gasteiger partial charge in [0.05, 0.1) is 6.10 Å². The fourth-order valence-electron chi connectivity index (χ4n) is 3.56. The molecule has 0 spiro atoms. The van der Waals surface area contributed by atoms with E-state index in [2.05, 4.69) is 27.7 Å². The first kappa shape index (κ1) is 14.0. The van der Waals surface area contributed by atoms with Crippen LogP contribution in [0.25, 0.3) is 0 Å². The minimum atomic E-state index is -0.0603. The van der Waals surface area contributed by atoms with Crippen LogP contribution in [0.15, 0.2) is 0 Å². The Labute approximate surface area is 102 Å². The van der Waals surface area contributed by atoms with E-state index in [4.69, 9.17) is 0 Å². The fraction of sp³-hybridized carbons (Fsp3) is 1.00. The van der Waals surface area contributed by atoms with E-state index in [1.54, 1.807) is 0 Å². The van der Waals surface area contributed by atoms with Crippen molar-refractivity contribution in [1.29, 1.82) is 0 Å². The minimum absolute atomic E-state index is 0.0603. The van der Waals surface area contributed by atoms with E-state index < -0.39 is 0 Å². The maximum Gasteiger partial charge on any atom is 0.0540 e. The van der Waals surface area contributed by atoms with Crippen molar-refractivity contribution in [2.45, 2.75) is 78.7 Å². The van der Waals surface area contributed by atoms with Gasteiger partial charge in [0, 0.05) is 0 Å². The summed E-state index contributed by atoms with van der Waals surface area (Å²) in [5.74, 6) is 1.66. The van der Waals surface area contributed by atoms with Crippen LogP contribution in [0.3, 0.4) is 0 Å². The van der Waals surface area contributed by atoms with E-state index in [0.29, 0.717) is 5.41 Å². The first-order chi connectivity index (χ1) is 7.47. The standard InChI is InChI=1S/C15H30O/c1-5-7-13(16)9-10-14-12(2)8-6-11-15(14,3)4/h12-14,16H,5-11H2,1-4H3/t12?,13?,14-/m0/s1. The van der Waals surface area contributed by atoms with E-state index >= 15 is 0 Å². The molecule has 0 bridgehead atoms. The van der Waals surface area contributed by atoms with Gasteiger partial charge >= 0.3 is 0 Å². The highest BCUT2D eigenvalue weighted by atomic mass is 16.3. The van der Waals surface area contributed by atoms with Crippen LogP contribution in [0.1, 0.15) is 72.6 Å². The molecule has 0 aromatic heterocycles. The van der Waals surface area contributed by atoms with Gasteiger partial charge in [0.2, 0.25) is 0 Å². The molecular formula is C15H30O. The lowest BCUT2D eigenvalue weighted by Crippen LogP contribution is -2.34. The highest BCUT2D eigenvalue weighted by Gasteiger charge is 2.36. The molecule has 1 fully saturated rings. The van der Waals surface area contributed by atoms with Crippen LogP contribution in [0.2, 0.25) is 0 Å². The lowest BCUT2D eigenvalue weighted by atomic mass is 9.62. The van der Waals surface area contributed by atoms with Crippen molar-refractivity contribution in [2.75, 3.05) is 0 Å². The van der Waals surface area contributed by atoms with E-state index in [9.17, 15) is 5.11 Å². The Morgan fingerprint density at radius 2 is 2.00 bits per heavy atom. The van der Waals surface area contributed by atoms with Gasteiger partial charge in [-0.05, 0) is 42.9 Å².